The molecule has 0 atom stereocenters. The summed E-state index contributed by atoms with van der Waals surface area (Å²) in [5.74, 6) is 0.484. The van der Waals surface area contributed by atoms with Crippen LogP contribution >= 0.6 is 0 Å². The summed E-state index contributed by atoms with van der Waals surface area (Å²) in [5.41, 5.74) is 0.509. The fraction of sp³-hybridized carbons (Fsp3) is 0.375. The minimum atomic E-state index is -3.55. The van der Waals surface area contributed by atoms with E-state index >= 15 is 0 Å². The lowest BCUT2D eigenvalue weighted by atomic mass is 10.5. The quantitative estimate of drug-likeness (QED) is 0.777. The van der Waals surface area contributed by atoms with Gasteiger partial charge in [-0.1, -0.05) is 0 Å². The van der Waals surface area contributed by atoms with Gasteiger partial charge in [0.1, 0.15) is 17.0 Å². The number of nitrogens with zero attached hydrogens (tertiary/aromatic N) is 4. The molecule has 0 aliphatic carbocycles. The number of rotatable bonds is 4. The summed E-state index contributed by atoms with van der Waals surface area (Å²) in [6.45, 7) is 1.79. The Morgan fingerprint density at radius 1 is 1.35 bits per heavy atom. The molecule has 8 nitrogen and oxygen atoms in total. The Bertz CT molecular complexity index is 587. The van der Waals surface area contributed by atoms with E-state index in [0.29, 0.717) is 11.5 Å². The SMILES string of the molecule is Cc1[nH]ncc1S(=O)(=O)N(C)Cc1ncn[nH]1. The number of aromatic amines is 2. The monoisotopic (exact) mass is 256 g/mol. The van der Waals surface area contributed by atoms with Gasteiger partial charge in [0, 0.05) is 7.05 Å². The van der Waals surface area contributed by atoms with Gasteiger partial charge in [-0.2, -0.15) is 14.5 Å². The first-order valence-corrected chi connectivity index (χ1v) is 6.26. The van der Waals surface area contributed by atoms with Crippen LogP contribution in [0.1, 0.15) is 11.5 Å². The fourth-order valence-electron chi connectivity index (χ4n) is 1.37. The van der Waals surface area contributed by atoms with E-state index in [9.17, 15) is 8.42 Å². The molecule has 2 aromatic rings. The predicted octanol–water partition coefficient (Wildman–Crippen LogP) is -0.343. The van der Waals surface area contributed by atoms with E-state index in [0.717, 1.165) is 0 Å². The van der Waals surface area contributed by atoms with Gasteiger partial charge in [0.05, 0.1) is 18.4 Å². The lowest BCUT2D eigenvalue weighted by molar-refractivity contribution is 0.457. The van der Waals surface area contributed by atoms with Gasteiger partial charge in [0.2, 0.25) is 10.0 Å². The third kappa shape index (κ3) is 2.19. The van der Waals surface area contributed by atoms with Crippen molar-refractivity contribution in [2.24, 2.45) is 0 Å². The summed E-state index contributed by atoms with van der Waals surface area (Å²) in [5, 5.41) is 12.6. The molecule has 0 saturated carbocycles. The second-order valence-electron chi connectivity index (χ2n) is 3.55. The molecular formula is C8H12N6O2S. The van der Waals surface area contributed by atoms with Crippen molar-refractivity contribution < 1.29 is 8.42 Å². The van der Waals surface area contributed by atoms with Gasteiger partial charge in [0.25, 0.3) is 0 Å². The standard InChI is InChI=1S/C8H12N6O2S/c1-6-7(3-10-12-6)17(15,16)14(2)4-8-9-5-11-13-8/h3,5H,4H2,1-2H3,(H,10,12)(H,9,11,13). The molecule has 0 unspecified atom stereocenters. The molecular weight excluding hydrogens is 244 g/mol. The summed E-state index contributed by atoms with van der Waals surface area (Å²) in [4.78, 5) is 4.04. The van der Waals surface area contributed by atoms with Crippen LogP contribution in [0.25, 0.3) is 0 Å². The second kappa shape index (κ2) is 4.26. The molecule has 0 radical (unpaired) electrons. The molecule has 92 valence electrons. The zero-order valence-electron chi connectivity index (χ0n) is 9.38. The smallest absolute Gasteiger partial charge is 0.246 e. The molecule has 0 aliphatic rings. The zero-order chi connectivity index (χ0) is 12.5. The molecule has 0 amide bonds. The first kappa shape index (κ1) is 11.7. The molecule has 0 aromatic carbocycles. The van der Waals surface area contributed by atoms with Crippen molar-refractivity contribution in [3.8, 4) is 0 Å². The van der Waals surface area contributed by atoms with Gasteiger partial charge < -0.3 is 0 Å². The van der Waals surface area contributed by atoms with Gasteiger partial charge in [0.15, 0.2) is 0 Å². The normalized spacial score (nSPS) is 12.2. The van der Waals surface area contributed by atoms with Gasteiger partial charge in [-0.25, -0.2) is 13.4 Å². The Balaban J connectivity index is 2.25. The molecule has 0 saturated heterocycles. The number of nitrogens with one attached hydrogen (secondary N) is 2. The van der Waals surface area contributed by atoms with Crippen LogP contribution in [0.4, 0.5) is 0 Å². The third-order valence-corrected chi connectivity index (χ3v) is 4.23. The van der Waals surface area contributed by atoms with E-state index < -0.39 is 10.0 Å². The summed E-state index contributed by atoms with van der Waals surface area (Å²) in [7, 11) is -2.07. The Labute approximate surface area is 98.1 Å². The number of hydrogen-bond donors (Lipinski definition) is 2. The Morgan fingerprint density at radius 3 is 2.65 bits per heavy atom. The molecule has 0 bridgehead atoms. The summed E-state index contributed by atoms with van der Waals surface area (Å²) in [6, 6.07) is 0. The summed E-state index contributed by atoms with van der Waals surface area (Å²) in [6.07, 6.45) is 2.63. The maximum Gasteiger partial charge on any atom is 0.246 e. The second-order valence-corrected chi connectivity index (χ2v) is 5.57. The van der Waals surface area contributed by atoms with Crippen LogP contribution in [0.2, 0.25) is 0 Å². The highest BCUT2D eigenvalue weighted by molar-refractivity contribution is 7.89. The summed E-state index contributed by atoms with van der Waals surface area (Å²) >= 11 is 0. The molecule has 2 aromatic heterocycles. The van der Waals surface area contributed by atoms with E-state index in [1.54, 1.807) is 6.92 Å². The van der Waals surface area contributed by atoms with Crippen LogP contribution in [0.3, 0.4) is 0 Å². The Morgan fingerprint density at radius 2 is 2.12 bits per heavy atom. The number of H-pyrrole nitrogens is 2. The molecule has 2 rings (SSSR count). The van der Waals surface area contributed by atoms with Gasteiger partial charge in [-0.3, -0.25) is 10.2 Å². The Kier molecular flexibility index (Phi) is 2.94. The topological polar surface area (TPSA) is 108 Å². The molecule has 9 heteroatoms. The van der Waals surface area contributed by atoms with Crippen LogP contribution in [-0.4, -0.2) is 45.1 Å². The van der Waals surface area contributed by atoms with Crippen LogP contribution in [0.15, 0.2) is 17.4 Å². The van der Waals surface area contributed by atoms with Crippen molar-refractivity contribution in [3.05, 3.63) is 24.0 Å². The van der Waals surface area contributed by atoms with Gasteiger partial charge >= 0.3 is 0 Å². The van der Waals surface area contributed by atoms with Crippen molar-refractivity contribution in [2.45, 2.75) is 18.4 Å². The van der Waals surface area contributed by atoms with Crippen molar-refractivity contribution in [1.82, 2.24) is 29.7 Å². The van der Waals surface area contributed by atoms with Crippen LogP contribution in [0.5, 0.6) is 0 Å². The average molecular weight is 256 g/mol. The van der Waals surface area contributed by atoms with Gasteiger partial charge in [-0.15, -0.1) is 0 Å². The molecule has 2 heterocycles. The molecule has 17 heavy (non-hydrogen) atoms. The van der Waals surface area contributed by atoms with Crippen molar-refractivity contribution in [2.75, 3.05) is 7.05 Å². The highest BCUT2D eigenvalue weighted by Crippen LogP contribution is 2.17. The highest BCUT2D eigenvalue weighted by Gasteiger charge is 2.24. The van der Waals surface area contributed by atoms with Crippen LogP contribution in [0, 0.1) is 6.92 Å². The maximum atomic E-state index is 12.1. The zero-order valence-corrected chi connectivity index (χ0v) is 10.2. The first-order valence-electron chi connectivity index (χ1n) is 4.82. The number of sulfonamides is 1. The summed E-state index contributed by atoms with van der Waals surface area (Å²) < 4.78 is 25.5. The number of aryl methyl sites for hydroxylation is 1. The van der Waals surface area contributed by atoms with E-state index in [2.05, 4.69) is 25.4 Å². The molecule has 2 N–H and O–H groups in total. The van der Waals surface area contributed by atoms with E-state index in [-0.39, 0.29) is 11.4 Å². The van der Waals surface area contributed by atoms with Crippen LogP contribution in [-0.2, 0) is 16.6 Å². The van der Waals surface area contributed by atoms with Crippen molar-refractivity contribution in [3.63, 3.8) is 0 Å². The van der Waals surface area contributed by atoms with Gasteiger partial charge in [-0.05, 0) is 6.92 Å². The predicted molar refractivity (Wildman–Crippen MR) is 58.4 cm³/mol. The minimum Gasteiger partial charge on any atom is -0.281 e. The Hall–Kier alpha value is -1.74. The molecule has 0 spiro atoms. The molecule has 0 aliphatic heterocycles. The fourth-order valence-corrected chi connectivity index (χ4v) is 2.62. The minimum absolute atomic E-state index is 0.132. The average Bonchev–Trinajstić information content (AvgIpc) is 2.89. The van der Waals surface area contributed by atoms with E-state index in [1.807, 2.05) is 0 Å². The van der Waals surface area contributed by atoms with Crippen LogP contribution < -0.4 is 0 Å². The maximum absolute atomic E-state index is 12.1. The molecule has 0 fully saturated rings. The first-order chi connectivity index (χ1) is 8.01. The number of aromatic nitrogens is 5. The lowest BCUT2D eigenvalue weighted by Crippen LogP contribution is -2.27. The van der Waals surface area contributed by atoms with Crippen molar-refractivity contribution in [1.29, 1.82) is 0 Å². The lowest BCUT2D eigenvalue weighted by Gasteiger charge is -2.14. The van der Waals surface area contributed by atoms with E-state index in [1.165, 1.54) is 23.9 Å². The highest BCUT2D eigenvalue weighted by atomic mass is 32.2. The third-order valence-electron chi connectivity index (χ3n) is 2.31. The van der Waals surface area contributed by atoms with E-state index in [4.69, 9.17) is 0 Å². The number of hydrogen-bond acceptors (Lipinski definition) is 5. The largest absolute Gasteiger partial charge is 0.281 e. The van der Waals surface area contributed by atoms with Crippen molar-refractivity contribution >= 4 is 10.0 Å².